The third-order valence-electron chi connectivity index (χ3n) is 5.45. The summed E-state index contributed by atoms with van der Waals surface area (Å²) in [6.07, 6.45) is 9.89. The van der Waals surface area contributed by atoms with Crippen LogP contribution in [0.4, 0.5) is 0 Å². The van der Waals surface area contributed by atoms with Gasteiger partial charge in [-0.1, -0.05) is 26.2 Å². The number of ether oxygens (including phenoxy) is 1. The van der Waals surface area contributed by atoms with E-state index in [1.807, 2.05) is 0 Å². The summed E-state index contributed by atoms with van der Waals surface area (Å²) in [6, 6.07) is 0.864. The molecule has 3 nitrogen and oxygen atoms in total. The predicted octanol–water partition coefficient (Wildman–Crippen LogP) is 2.90. The predicted molar refractivity (Wildman–Crippen MR) is 85.1 cm³/mol. The Morgan fingerprint density at radius 2 is 2.05 bits per heavy atom. The molecule has 2 aliphatic rings. The van der Waals surface area contributed by atoms with Gasteiger partial charge in [0.25, 0.3) is 0 Å². The van der Waals surface area contributed by atoms with Crippen LogP contribution in [0.2, 0.25) is 0 Å². The molecule has 0 amide bonds. The highest BCUT2D eigenvalue weighted by atomic mass is 16.5. The van der Waals surface area contributed by atoms with E-state index in [2.05, 4.69) is 24.2 Å². The van der Waals surface area contributed by atoms with Crippen molar-refractivity contribution >= 4 is 0 Å². The summed E-state index contributed by atoms with van der Waals surface area (Å²) < 4.78 is 5.16. The molecule has 0 bridgehead atoms. The summed E-state index contributed by atoms with van der Waals surface area (Å²) in [4.78, 5) is 2.65. The van der Waals surface area contributed by atoms with Gasteiger partial charge in [-0.3, -0.25) is 0 Å². The zero-order chi connectivity index (χ0) is 14.4. The zero-order valence-electron chi connectivity index (χ0n) is 13.8. The molecular weight excluding hydrogens is 248 g/mol. The van der Waals surface area contributed by atoms with Crippen molar-refractivity contribution in [3.05, 3.63) is 0 Å². The van der Waals surface area contributed by atoms with Crippen LogP contribution >= 0.6 is 0 Å². The van der Waals surface area contributed by atoms with Crippen molar-refractivity contribution in [2.75, 3.05) is 40.4 Å². The second kappa shape index (κ2) is 7.77. The van der Waals surface area contributed by atoms with Crippen LogP contribution in [0.15, 0.2) is 0 Å². The molecule has 2 rings (SSSR count). The van der Waals surface area contributed by atoms with Crippen LogP contribution in [-0.4, -0.2) is 51.3 Å². The van der Waals surface area contributed by atoms with E-state index in [1.54, 1.807) is 7.11 Å². The Kier molecular flexibility index (Phi) is 6.31. The quantitative estimate of drug-likeness (QED) is 0.693. The lowest BCUT2D eigenvalue weighted by atomic mass is 9.69. The molecule has 0 spiro atoms. The molecule has 0 aromatic heterocycles. The van der Waals surface area contributed by atoms with Crippen LogP contribution in [0.3, 0.4) is 0 Å². The number of rotatable bonds is 8. The van der Waals surface area contributed by atoms with Crippen LogP contribution in [0.5, 0.6) is 0 Å². The third kappa shape index (κ3) is 4.44. The maximum Gasteiger partial charge on any atom is 0.0587 e. The van der Waals surface area contributed by atoms with Gasteiger partial charge in [-0.2, -0.15) is 0 Å². The number of hydrogen-bond donors (Lipinski definition) is 1. The Bertz CT molecular complexity index is 280. The Hall–Kier alpha value is -0.120. The summed E-state index contributed by atoms with van der Waals surface area (Å²) in [5.74, 6) is 0.891. The SMILES string of the molecule is COCCNCC1(CN(C)C2CCC2)CCCC(C)C1. The van der Waals surface area contributed by atoms with Crippen LogP contribution in [-0.2, 0) is 4.74 Å². The molecular formula is C17H34N2O. The Morgan fingerprint density at radius 3 is 2.65 bits per heavy atom. The molecule has 2 atom stereocenters. The zero-order valence-corrected chi connectivity index (χ0v) is 13.8. The van der Waals surface area contributed by atoms with Crippen LogP contribution in [0.1, 0.15) is 51.9 Å². The third-order valence-corrected chi connectivity index (χ3v) is 5.45. The van der Waals surface area contributed by atoms with Crippen LogP contribution < -0.4 is 5.32 Å². The molecule has 3 heteroatoms. The fourth-order valence-electron chi connectivity index (χ4n) is 4.14. The first kappa shape index (κ1) is 16.3. The average molecular weight is 282 g/mol. The molecule has 0 aromatic carbocycles. The summed E-state index contributed by atoms with van der Waals surface area (Å²) in [5, 5.41) is 3.65. The number of methoxy groups -OCH3 is 1. The molecule has 2 saturated carbocycles. The topological polar surface area (TPSA) is 24.5 Å². The number of hydrogen-bond acceptors (Lipinski definition) is 3. The first-order valence-corrected chi connectivity index (χ1v) is 8.55. The second-order valence-electron chi connectivity index (χ2n) is 7.37. The van der Waals surface area contributed by atoms with Gasteiger partial charge in [0, 0.05) is 32.8 Å². The summed E-state index contributed by atoms with van der Waals surface area (Å²) in [5.41, 5.74) is 0.496. The molecule has 2 aliphatic carbocycles. The minimum Gasteiger partial charge on any atom is -0.383 e. The van der Waals surface area contributed by atoms with Gasteiger partial charge in [0.1, 0.15) is 0 Å². The summed E-state index contributed by atoms with van der Waals surface area (Å²) >= 11 is 0. The van der Waals surface area contributed by atoms with Gasteiger partial charge in [0.15, 0.2) is 0 Å². The van der Waals surface area contributed by atoms with E-state index in [0.29, 0.717) is 5.41 Å². The molecule has 0 radical (unpaired) electrons. The molecule has 2 fully saturated rings. The van der Waals surface area contributed by atoms with Gasteiger partial charge in [0.05, 0.1) is 6.61 Å². The lowest BCUT2D eigenvalue weighted by molar-refractivity contribution is 0.0501. The maximum absolute atomic E-state index is 5.16. The van der Waals surface area contributed by atoms with Gasteiger partial charge < -0.3 is 15.0 Å². The van der Waals surface area contributed by atoms with Crippen LogP contribution in [0.25, 0.3) is 0 Å². The van der Waals surface area contributed by atoms with Crippen LogP contribution in [0, 0.1) is 11.3 Å². The van der Waals surface area contributed by atoms with Crippen molar-refractivity contribution in [2.45, 2.75) is 57.9 Å². The maximum atomic E-state index is 5.16. The van der Waals surface area contributed by atoms with Crippen molar-refractivity contribution in [1.82, 2.24) is 10.2 Å². The van der Waals surface area contributed by atoms with Crippen molar-refractivity contribution in [1.29, 1.82) is 0 Å². The molecule has 0 aliphatic heterocycles. The van der Waals surface area contributed by atoms with Gasteiger partial charge in [-0.05, 0) is 44.1 Å². The first-order chi connectivity index (χ1) is 9.65. The van der Waals surface area contributed by atoms with Crippen molar-refractivity contribution in [3.63, 3.8) is 0 Å². The standard InChI is InChI=1S/C17H34N2O/c1-15-6-5-9-17(12-15,13-18-10-11-20-3)14-19(2)16-7-4-8-16/h15-16,18H,4-14H2,1-3H3. The fourth-order valence-corrected chi connectivity index (χ4v) is 4.14. The van der Waals surface area contributed by atoms with Gasteiger partial charge in [-0.15, -0.1) is 0 Å². The van der Waals surface area contributed by atoms with Crippen molar-refractivity contribution < 1.29 is 4.74 Å². The van der Waals surface area contributed by atoms with E-state index in [4.69, 9.17) is 4.74 Å². The largest absolute Gasteiger partial charge is 0.383 e. The van der Waals surface area contributed by atoms with Gasteiger partial charge in [0.2, 0.25) is 0 Å². The minimum atomic E-state index is 0.496. The molecule has 118 valence electrons. The molecule has 20 heavy (non-hydrogen) atoms. The van der Waals surface area contributed by atoms with Gasteiger partial charge >= 0.3 is 0 Å². The van der Waals surface area contributed by atoms with Crippen molar-refractivity contribution in [2.24, 2.45) is 11.3 Å². The van der Waals surface area contributed by atoms with Gasteiger partial charge in [-0.25, -0.2) is 0 Å². The highest BCUT2D eigenvalue weighted by molar-refractivity contribution is 4.91. The second-order valence-corrected chi connectivity index (χ2v) is 7.37. The first-order valence-electron chi connectivity index (χ1n) is 8.55. The summed E-state index contributed by atoms with van der Waals surface area (Å²) in [6.45, 7) is 6.69. The molecule has 0 aromatic rings. The van der Waals surface area contributed by atoms with E-state index >= 15 is 0 Å². The highest BCUT2D eigenvalue weighted by Gasteiger charge is 2.37. The Balaban J connectivity index is 1.87. The Labute approximate surface area is 125 Å². The monoisotopic (exact) mass is 282 g/mol. The highest BCUT2D eigenvalue weighted by Crippen LogP contribution is 2.40. The number of nitrogens with one attached hydrogen (secondary N) is 1. The lowest BCUT2D eigenvalue weighted by Crippen LogP contribution is -2.50. The van der Waals surface area contributed by atoms with E-state index in [0.717, 1.165) is 31.7 Å². The fraction of sp³-hybridized carbons (Fsp3) is 1.00. The normalized spacial score (nSPS) is 31.5. The molecule has 0 saturated heterocycles. The Morgan fingerprint density at radius 1 is 1.25 bits per heavy atom. The van der Waals surface area contributed by atoms with E-state index in [9.17, 15) is 0 Å². The van der Waals surface area contributed by atoms with E-state index in [-0.39, 0.29) is 0 Å². The average Bonchev–Trinajstić information content (AvgIpc) is 2.32. The molecule has 0 heterocycles. The summed E-state index contributed by atoms with van der Waals surface area (Å²) in [7, 11) is 4.13. The minimum absolute atomic E-state index is 0.496. The lowest BCUT2D eigenvalue weighted by Gasteiger charge is -2.46. The molecule has 1 N–H and O–H groups in total. The van der Waals surface area contributed by atoms with E-state index in [1.165, 1.54) is 51.5 Å². The van der Waals surface area contributed by atoms with E-state index < -0.39 is 0 Å². The number of nitrogens with zero attached hydrogens (tertiary/aromatic N) is 1. The smallest absolute Gasteiger partial charge is 0.0587 e. The van der Waals surface area contributed by atoms with Crippen molar-refractivity contribution in [3.8, 4) is 0 Å². The molecule has 2 unspecified atom stereocenters.